The van der Waals surface area contributed by atoms with Crippen LogP contribution in [-0.2, 0) is 0 Å². The molecule has 0 radical (unpaired) electrons. The zero-order valence-corrected chi connectivity index (χ0v) is 15.1. The summed E-state index contributed by atoms with van der Waals surface area (Å²) >= 11 is 0. The first-order valence-corrected chi connectivity index (χ1v) is 8.95. The van der Waals surface area contributed by atoms with Gasteiger partial charge in [-0.3, -0.25) is 15.0 Å². The van der Waals surface area contributed by atoms with Crippen molar-refractivity contribution >= 4 is 34.3 Å². The summed E-state index contributed by atoms with van der Waals surface area (Å²) in [6.45, 7) is 3.92. The van der Waals surface area contributed by atoms with Crippen LogP contribution in [0.1, 0.15) is 0 Å². The maximum absolute atomic E-state index is 11.0. The summed E-state index contributed by atoms with van der Waals surface area (Å²) in [5.74, 6) is 1.06. The highest BCUT2D eigenvalue weighted by Gasteiger charge is 2.21. The molecular formula is C17H20N8O3. The number of benzene rings is 1. The van der Waals surface area contributed by atoms with Crippen LogP contribution < -0.4 is 10.2 Å². The van der Waals surface area contributed by atoms with Gasteiger partial charge in [0.25, 0.3) is 5.69 Å². The highest BCUT2D eigenvalue weighted by atomic mass is 16.6. The Morgan fingerprint density at radius 3 is 2.82 bits per heavy atom. The molecule has 1 aromatic carbocycles. The van der Waals surface area contributed by atoms with E-state index in [0.29, 0.717) is 35.2 Å². The molecule has 3 aromatic rings. The van der Waals surface area contributed by atoms with Gasteiger partial charge < -0.3 is 20.3 Å². The van der Waals surface area contributed by atoms with Gasteiger partial charge >= 0.3 is 0 Å². The third-order valence-electron chi connectivity index (χ3n) is 4.66. The largest absolute Gasteiger partial charge is 0.395 e. The van der Waals surface area contributed by atoms with Crippen molar-refractivity contribution in [3.63, 3.8) is 0 Å². The van der Waals surface area contributed by atoms with Crippen LogP contribution in [0.3, 0.4) is 0 Å². The predicted octanol–water partition coefficient (Wildman–Crippen LogP) is 1.12. The lowest BCUT2D eigenvalue weighted by Gasteiger charge is -2.34. The smallest absolute Gasteiger partial charge is 0.271 e. The minimum atomic E-state index is -0.436. The van der Waals surface area contributed by atoms with E-state index in [4.69, 9.17) is 5.11 Å². The Hall–Kier alpha value is -3.31. The fourth-order valence-corrected chi connectivity index (χ4v) is 3.20. The Balaban J connectivity index is 1.61. The molecule has 0 unspecified atom stereocenters. The predicted molar refractivity (Wildman–Crippen MR) is 104 cm³/mol. The van der Waals surface area contributed by atoms with Gasteiger partial charge in [-0.05, 0) is 6.07 Å². The van der Waals surface area contributed by atoms with E-state index in [9.17, 15) is 10.1 Å². The Bertz CT molecular complexity index is 983. The van der Waals surface area contributed by atoms with Gasteiger partial charge in [-0.15, -0.1) is 0 Å². The average molecular weight is 384 g/mol. The fraction of sp³-hybridized carbons (Fsp3) is 0.353. The standard InChI is InChI=1S/C17H20N8O3/c26-9-8-23-4-6-24(7-5-23)17-21-15-14(18-11-19-15)16(22-17)20-12-2-1-3-13(10-12)25(27)28/h1-3,10-11,26H,4-9H2,(H2,18,19,20,21,22). The molecule has 3 heterocycles. The van der Waals surface area contributed by atoms with Gasteiger partial charge in [0, 0.05) is 50.5 Å². The molecule has 3 N–H and O–H groups in total. The zero-order valence-electron chi connectivity index (χ0n) is 15.1. The topological polar surface area (TPSA) is 136 Å². The molecule has 0 atom stereocenters. The molecule has 2 aromatic heterocycles. The van der Waals surface area contributed by atoms with Crippen molar-refractivity contribution in [2.24, 2.45) is 0 Å². The number of aromatic nitrogens is 4. The molecule has 0 spiro atoms. The average Bonchev–Trinajstić information content (AvgIpc) is 3.18. The number of hydrogen-bond acceptors (Lipinski definition) is 9. The second kappa shape index (κ2) is 7.74. The molecule has 1 saturated heterocycles. The number of H-pyrrole nitrogens is 1. The van der Waals surface area contributed by atoms with E-state index in [2.05, 4.69) is 35.1 Å². The van der Waals surface area contributed by atoms with E-state index in [-0.39, 0.29) is 12.3 Å². The first kappa shape index (κ1) is 18.1. The van der Waals surface area contributed by atoms with Crippen molar-refractivity contribution in [2.75, 3.05) is 49.5 Å². The molecule has 146 valence electrons. The van der Waals surface area contributed by atoms with Crippen molar-refractivity contribution in [3.8, 4) is 0 Å². The summed E-state index contributed by atoms with van der Waals surface area (Å²) in [7, 11) is 0. The molecule has 0 amide bonds. The number of hydrogen-bond donors (Lipinski definition) is 3. The lowest BCUT2D eigenvalue weighted by molar-refractivity contribution is -0.384. The summed E-state index contributed by atoms with van der Waals surface area (Å²) < 4.78 is 0. The molecule has 0 bridgehead atoms. The Morgan fingerprint density at radius 2 is 2.07 bits per heavy atom. The van der Waals surface area contributed by atoms with Crippen LogP contribution >= 0.6 is 0 Å². The number of aliphatic hydroxyl groups is 1. The highest BCUT2D eigenvalue weighted by molar-refractivity contribution is 5.86. The van der Waals surface area contributed by atoms with Crippen LogP contribution in [0.25, 0.3) is 11.2 Å². The number of anilines is 3. The molecule has 11 heteroatoms. The minimum absolute atomic E-state index is 0.000129. The lowest BCUT2D eigenvalue weighted by Crippen LogP contribution is -2.47. The quantitative estimate of drug-likeness (QED) is 0.422. The summed E-state index contributed by atoms with van der Waals surface area (Å²) in [4.78, 5) is 31.3. The van der Waals surface area contributed by atoms with Crippen LogP contribution in [0.2, 0.25) is 0 Å². The number of fused-ring (bicyclic) bond motifs is 1. The van der Waals surface area contributed by atoms with E-state index in [0.717, 1.165) is 26.2 Å². The van der Waals surface area contributed by atoms with E-state index >= 15 is 0 Å². The second-order valence-corrected chi connectivity index (χ2v) is 6.46. The summed E-state index contributed by atoms with van der Waals surface area (Å²) in [5, 5.41) is 23.2. The van der Waals surface area contributed by atoms with Crippen molar-refractivity contribution in [1.82, 2.24) is 24.8 Å². The normalized spacial score (nSPS) is 15.1. The lowest BCUT2D eigenvalue weighted by atomic mass is 10.3. The number of rotatable bonds is 6. The number of β-amino-alcohol motifs (C(OH)–C–C–N with tert-alkyl or cyclic N) is 1. The fourth-order valence-electron chi connectivity index (χ4n) is 3.20. The third-order valence-corrected chi connectivity index (χ3v) is 4.66. The maximum atomic E-state index is 11.0. The van der Waals surface area contributed by atoms with Crippen molar-refractivity contribution in [2.45, 2.75) is 0 Å². The molecule has 1 fully saturated rings. The van der Waals surface area contributed by atoms with Gasteiger partial charge in [-0.2, -0.15) is 9.97 Å². The molecule has 11 nitrogen and oxygen atoms in total. The molecule has 0 aliphatic carbocycles. The number of nitro groups is 1. The van der Waals surface area contributed by atoms with E-state index < -0.39 is 4.92 Å². The van der Waals surface area contributed by atoms with Crippen molar-refractivity contribution in [1.29, 1.82) is 0 Å². The first-order valence-electron chi connectivity index (χ1n) is 8.95. The number of aromatic amines is 1. The maximum Gasteiger partial charge on any atom is 0.271 e. The van der Waals surface area contributed by atoms with Gasteiger partial charge in [0.2, 0.25) is 5.95 Å². The SMILES string of the molecule is O=[N+]([O-])c1cccc(Nc2nc(N3CCN(CCO)CC3)nc3nc[nH]c23)c1. The highest BCUT2D eigenvalue weighted by Crippen LogP contribution is 2.26. The van der Waals surface area contributed by atoms with Crippen LogP contribution in [-0.4, -0.2) is 74.2 Å². The molecule has 0 saturated carbocycles. The minimum Gasteiger partial charge on any atom is -0.395 e. The van der Waals surface area contributed by atoms with Crippen molar-refractivity contribution in [3.05, 3.63) is 40.7 Å². The molecule has 28 heavy (non-hydrogen) atoms. The van der Waals surface area contributed by atoms with Crippen molar-refractivity contribution < 1.29 is 10.0 Å². The number of nitrogens with one attached hydrogen (secondary N) is 2. The van der Waals surface area contributed by atoms with Gasteiger partial charge in [0.05, 0.1) is 17.9 Å². The van der Waals surface area contributed by atoms with Gasteiger partial charge in [-0.25, -0.2) is 4.98 Å². The molecule has 4 rings (SSSR count). The summed E-state index contributed by atoms with van der Waals surface area (Å²) in [6.07, 6.45) is 1.54. The number of nitrogens with zero attached hydrogens (tertiary/aromatic N) is 6. The molecule has 1 aliphatic heterocycles. The molecule has 1 aliphatic rings. The number of aliphatic hydroxyl groups excluding tert-OH is 1. The zero-order chi connectivity index (χ0) is 19.5. The van der Waals surface area contributed by atoms with E-state index in [1.54, 1.807) is 18.5 Å². The van der Waals surface area contributed by atoms with E-state index in [1.165, 1.54) is 12.1 Å². The van der Waals surface area contributed by atoms with Crippen LogP contribution in [0, 0.1) is 10.1 Å². The second-order valence-electron chi connectivity index (χ2n) is 6.46. The van der Waals surface area contributed by atoms with E-state index in [1.807, 2.05) is 0 Å². The first-order chi connectivity index (χ1) is 13.6. The third kappa shape index (κ3) is 3.70. The monoisotopic (exact) mass is 384 g/mol. The Kier molecular flexibility index (Phi) is 5.00. The number of nitro benzene ring substituents is 1. The summed E-state index contributed by atoms with van der Waals surface area (Å²) in [6, 6.07) is 6.25. The Labute approximate surface area is 160 Å². The molecular weight excluding hydrogens is 364 g/mol. The Morgan fingerprint density at radius 1 is 1.25 bits per heavy atom. The van der Waals surface area contributed by atoms with Crippen LogP contribution in [0.15, 0.2) is 30.6 Å². The van der Waals surface area contributed by atoms with Crippen LogP contribution in [0.5, 0.6) is 0 Å². The number of piperazine rings is 1. The number of non-ortho nitro benzene ring substituents is 1. The van der Waals surface area contributed by atoms with Gasteiger partial charge in [0.1, 0.15) is 5.52 Å². The van der Waals surface area contributed by atoms with Gasteiger partial charge in [-0.1, -0.05) is 6.07 Å². The van der Waals surface area contributed by atoms with Gasteiger partial charge in [0.15, 0.2) is 11.5 Å². The number of imidazole rings is 1. The van der Waals surface area contributed by atoms with Crippen LogP contribution in [0.4, 0.5) is 23.1 Å². The summed E-state index contributed by atoms with van der Waals surface area (Å²) in [5.41, 5.74) is 1.72.